The van der Waals surface area contributed by atoms with Gasteiger partial charge in [0.15, 0.2) is 11.6 Å². The Morgan fingerprint density at radius 1 is 1.25 bits per heavy atom. The van der Waals surface area contributed by atoms with Gasteiger partial charge in [0.25, 0.3) is 5.56 Å². The molecule has 0 bridgehead atoms. The van der Waals surface area contributed by atoms with Gasteiger partial charge < -0.3 is 4.98 Å². The molecule has 0 unspecified atom stereocenters. The Labute approximate surface area is 97.3 Å². The van der Waals surface area contributed by atoms with Crippen molar-refractivity contribution in [3.8, 4) is 11.4 Å². The molecule has 16 heavy (non-hydrogen) atoms. The zero-order chi connectivity index (χ0) is 11.7. The lowest BCUT2D eigenvalue weighted by atomic mass is 10.2. The van der Waals surface area contributed by atoms with E-state index in [1.54, 1.807) is 0 Å². The maximum absolute atomic E-state index is 13.2. The maximum atomic E-state index is 13.2. The standard InChI is InChI=1S/C10H5BrF2N2O/c11-8-5(1-2-6(12)9(8)13)10-14-4-3-7(16)15-10/h1-4H,(H,14,15,16). The molecule has 0 aliphatic carbocycles. The SMILES string of the molecule is O=c1ccnc(-c2ccc(F)c(F)c2Br)[nH]1. The van der Waals surface area contributed by atoms with E-state index in [1.807, 2.05) is 0 Å². The van der Waals surface area contributed by atoms with Crippen LogP contribution >= 0.6 is 15.9 Å². The fourth-order valence-corrected chi connectivity index (χ4v) is 1.73. The average molecular weight is 287 g/mol. The lowest BCUT2D eigenvalue weighted by Gasteiger charge is -2.04. The van der Waals surface area contributed by atoms with Crippen molar-refractivity contribution in [2.45, 2.75) is 0 Å². The summed E-state index contributed by atoms with van der Waals surface area (Å²) >= 11 is 2.92. The molecular weight excluding hydrogens is 282 g/mol. The molecule has 1 N–H and O–H groups in total. The van der Waals surface area contributed by atoms with Crippen LogP contribution in [-0.4, -0.2) is 9.97 Å². The van der Waals surface area contributed by atoms with Crippen molar-refractivity contribution >= 4 is 15.9 Å². The predicted octanol–water partition coefficient (Wildman–Crippen LogP) is 2.48. The molecule has 0 atom stereocenters. The van der Waals surface area contributed by atoms with Gasteiger partial charge in [0.05, 0.1) is 4.47 Å². The van der Waals surface area contributed by atoms with E-state index in [9.17, 15) is 13.6 Å². The highest BCUT2D eigenvalue weighted by atomic mass is 79.9. The number of H-pyrrole nitrogens is 1. The summed E-state index contributed by atoms with van der Waals surface area (Å²) in [6.07, 6.45) is 1.29. The van der Waals surface area contributed by atoms with E-state index in [2.05, 4.69) is 25.9 Å². The normalized spacial score (nSPS) is 10.4. The van der Waals surface area contributed by atoms with Gasteiger partial charge in [0.2, 0.25) is 0 Å². The first kappa shape index (κ1) is 10.9. The number of benzene rings is 1. The molecule has 2 aromatic rings. The van der Waals surface area contributed by atoms with Gasteiger partial charge in [-0.1, -0.05) is 0 Å². The molecule has 0 spiro atoms. The Morgan fingerprint density at radius 3 is 2.69 bits per heavy atom. The number of aromatic nitrogens is 2. The second kappa shape index (κ2) is 4.13. The molecule has 6 heteroatoms. The number of hydrogen-bond donors (Lipinski definition) is 1. The van der Waals surface area contributed by atoms with Crippen LogP contribution in [0.1, 0.15) is 0 Å². The lowest BCUT2D eigenvalue weighted by molar-refractivity contribution is 0.504. The highest BCUT2D eigenvalue weighted by Gasteiger charge is 2.13. The highest BCUT2D eigenvalue weighted by molar-refractivity contribution is 9.10. The fourth-order valence-electron chi connectivity index (χ4n) is 1.22. The minimum absolute atomic E-state index is 0.0677. The smallest absolute Gasteiger partial charge is 0.251 e. The van der Waals surface area contributed by atoms with Crippen LogP contribution in [0, 0.1) is 11.6 Å². The number of halogens is 3. The molecule has 1 heterocycles. The summed E-state index contributed by atoms with van der Waals surface area (Å²) in [4.78, 5) is 17.3. The highest BCUT2D eigenvalue weighted by Crippen LogP contribution is 2.28. The number of hydrogen-bond acceptors (Lipinski definition) is 2. The van der Waals surface area contributed by atoms with Crippen LogP contribution in [0.2, 0.25) is 0 Å². The second-order valence-corrected chi connectivity index (χ2v) is 3.80. The van der Waals surface area contributed by atoms with Crippen molar-refractivity contribution in [3.05, 3.63) is 50.9 Å². The van der Waals surface area contributed by atoms with Crippen LogP contribution in [0.4, 0.5) is 8.78 Å². The molecule has 0 fully saturated rings. The third-order valence-corrected chi connectivity index (χ3v) is 2.74. The first-order valence-corrected chi connectivity index (χ1v) is 5.08. The van der Waals surface area contributed by atoms with Crippen molar-refractivity contribution in [1.82, 2.24) is 9.97 Å². The van der Waals surface area contributed by atoms with Gasteiger partial charge in [-0.25, -0.2) is 13.8 Å². The Kier molecular flexibility index (Phi) is 2.82. The van der Waals surface area contributed by atoms with Crippen LogP contribution in [0.15, 0.2) is 33.7 Å². The van der Waals surface area contributed by atoms with Gasteiger partial charge in [-0.15, -0.1) is 0 Å². The summed E-state index contributed by atoms with van der Waals surface area (Å²) in [6, 6.07) is 3.54. The molecule has 0 amide bonds. The summed E-state index contributed by atoms with van der Waals surface area (Å²) in [5.41, 5.74) is -0.0711. The number of aromatic amines is 1. The van der Waals surface area contributed by atoms with Crippen molar-refractivity contribution < 1.29 is 8.78 Å². The minimum atomic E-state index is -1.01. The van der Waals surface area contributed by atoms with Gasteiger partial charge in [-0.2, -0.15) is 0 Å². The second-order valence-electron chi connectivity index (χ2n) is 3.01. The van der Waals surface area contributed by atoms with Crippen LogP contribution in [0.25, 0.3) is 11.4 Å². The van der Waals surface area contributed by atoms with Crippen molar-refractivity contribution in [2.24, 2.45) is 0 Å². The molecule has 2 rings (SSSR count). The summed E-state index contributed by atoms with van der Waals surface area (Å²) in [7, 11) is 0. The van der Waals surface area contributed by atoms with E-state index in [1.165, 1.54) is 18.3 Å². The van der Waals surface area contributed by atoms with Crippen LogP contribution < -0.4 is 5.56 Å². The van der Waals surface area contributed by atoms with E-state index in [-0.39, 0.29) is 21.4 Å². The Morgan fingerprint density at radius 2 is 2.00 bits per heavy atom. The topological polar surface area (TPSA) is 45.8 Å². The van der Waals surface area contributed by atoms with Crippen molar-refractivity contribution in [1.29, 1.82) is 0 Å². The van der Waals surface area contributed by atoms with Gasteiger partial charge in [0.1, 0.15) is 5.82 Å². The molecule has 3 nitrogen and oxygen atoms in total. The molecule has 82 valence electrons. The van der Waals surface area contributed by atoms with Gasteiger partial charge in [-0.3, -0.25) is 4.79 Å². The molecule has 1 aromatic heterocycles. The number of rotatable bonds is 1. The monoisotopic (exact) mass is 286 g/mol. The zero-order valence-corrected chi connectivity index (χ0v) is 9.38. The van der Waals surface area contributed by atoms with E-state index in [4.69, 9.17) is 0 Å². The number of nitrogens with zero attached hydrogens (tertiary/aromatic N) is 1. The minimum Gasteiger partial charge on any atom is -0.306 e. The van der Waals surface area contributed by atoms with Crippen molar-refractivity contribution in [2.75, 3.05) is 0 Å². The third kappa shape index (κ3) is 1.88. The molecular formula is C10H5BrF2N2O. The van der Waals surface area contributed by atoms with Crippen LogP contribution in [0.5, 0.6) is 0 Å². The predicted molar refractivity (Wildman–Crippen MR) is 57.9 cm³/mol. The van der Waals surface area contributed by atoms with Crippen molar-refractivity contribution in [3.63, 3.8) is 0 Å². The van der Waals surface area contributed by atoms with Crippen LogP contribution in [0.3, 0.4) is 0 Å². The van der Waals surface area contributed by atoms with Gasteiger partial charge in [-0.05, 0) is 28.1 Å². The molecule has 0 saturated heterocycles. The first-order valence-electron chi connectivity index (χ1n) is 4.29. The first-order chi connectivity index (χ1) is 7.59. The van der Waals surface area contributed by atoms with E-state index >= 15 is 0 Å². The van der Waals surface area contributed by atoms with Gasteiger partial charge in [0, 0.05) is 17.8 Å². The molecule has 0 radical (unpaired) electrons. The Bertz CT molecular complexity index is 598. The molecule has 1 aromatic carbocycles. The summed E-state index contributed by atoms with van der Waals surface area (Å²) in [6.45, 7) is 0. The summed E-state index contributed by atoms with van der Waals surface area (Å²) < 4.78 is 26.0. The maximum Gasteiger partial charge on any atom is 0.251 e. The third-order valence-electron chi connectivity index (χ3n) is 1.96. The summed E-state index contributed by atoms with van der Waals surface area (Å²) in [5, 5.41) is 0. The Balaban J connectivity index is 2.66. The Hall–Kier alpha value is -1.56. The zero-order valence-electron chi connectivity index (χ0n) is 7.80. The largest absolute Gasteiger partial charge is 0.306 e. The summed E-state index contributed by atoms with van der Waals surface area (Å²) in [5.74, 6) is -1.80. The number of nitrogens with one attached hydrogen (secondary N) is 1. The molecule has 0 aliphatic rings. The van der Waals surface area contributed by atoms with E-state index < -0.39 is 11.6 Å². The molecule has 0 saturated carbocycles. The van der Waals surface area contributed by atoms with Gasteiger partial charge >= 0.3 is 0 Å². The average Bonchev–Trinajstić information content (AvgIpc) is 2.26. The van der Waals surface area contributed by atoms with Crippen LogP contribution in [-0.2, 0) is 0 Å². The molecule has 0 aliphatic heterocycles. The quantitative estimate of drug-likeness (QED) is 0.819. The lowest BCUT2D eigenvalue weighted by Crippen LogP contribution is -2.06. The van der Waals surface area contributed by atoms with E-state index in [0.717, 1.165) is 6.07 Å². The van der Waals surface area contributed by atoms with E-state index in [0.29, 0.717) is 0 Å². The fraction of sp³-hybridized carbons (Fsp3) is 0.